The highest BCUT2D eigenvalue weighted by molar-refractivity contribution is 5.75. The maximum absolute atomic E-state index is 12.2. The molecule has 1 fully saturated rings. The van der Waals surface area contributed by atoms with Gasteiger partial charge in [0.25, 0.3) is 5.56 Å². The van der Waals surface area contributed by atoms with Gasteiger partial charge in [-0.25, -0.2) is 4.68 Å². The van der Waals surface area contributed by atoms with Crippen molar-refractivity contribution < 1.29 is 4.79 Å². The summed E-state index contributed by atoms with van der Waals surface area (Å²) >= 11 is 0. The monoisotopic (exact) mass is 336 g/mol. The average molecular weight is 336 g/mol. The summed E-state index contributed by atoms with van der Waals surface area (Å²) < 4.78 is 1.16. The maximum atomic E-state index is 12.2. The number of nitriles is 1. The number of aromatic nitrogens is 2. The minimum Gasteiger partial charge on any atom is -0.353 e. The summed E-state index contributed by atoms with van der Waals surface area (Å²) in [7, 11) is 0. The fraction of sp³-hybridized carbons (Fsp3) is 0.368. The highest BCUT2D eigenvalue weighted by Crippen LogP contribution is 2.36. The molecule has 1 aromatic carbocycles. The number of carbonyl (C=O) groups excluding carboxylic acids is 1. The molecular formula is C19H20N4O2. The number of hydrogen-bond donors (Lipinski definition) is 1. The van der Waals surface area contributed by atoms with Crippen LogP contribution in [0, 0.1) is 16.7 Å². The van der Waals surface area contributed by atoms with Gasteiger partial charge in [0.05, 0.1) is 17.2 Å². The molecule has 128 valence electrons. The van der Waals surface area contributed by atoms with Crippen molar-refractivity contribution in [3.63, 3.8) is 0 Å². The van der Waals surface area contributed by atoms with Crippen molar-refractivity contribution in [2.24, 2.45) is 5.41 Å². The van der Waals surface area contributed by atoms with Crippen LogP contribution in [0.15, 0.2) is 47.3 Å². The molecule has 6 heteroatoms. The van der Waals surface area contributed by atoms with Crippen LogP contribution in [-0.2, 0) is 11.3 Å². The standard InChI is InChI=1S/C19H20N4O2/c20-13-19(10-4-5-11-19)14-21-17(24)12-23-18(25)9-8-16(22-23)15-6-2-1-3-7-15/h1-3,6-9H,4-5,10-12,14H2,(H,21,24). The number of benzene rings is 1. The summed E-state index contributed by atoms with van der Waals surface area (Å²) in [6.07, 6.45) is 3.66. The Balaban J connectivity index is 1.69. The predicted octanol–water partition coefficient (Wildman–Crippen LogP) is 2.11. The Morgan fingerprint density at radius 1 is 1.20 bits per heavy atom. The van der Waals surface area contributed by atoms with Crippen LogP contribution >= 0.6 is 0 Å². The molecule has 0 radical (unpaired) electrons. The number of nitrogens with one attached hydrogen (secondary N) is 1. The second-order valence-corrected chi connectivity index (χ2v) is 6.46. The van der Waals surface area contributed by atoms with Gasteiger partial charge in [0, 0.05) is 18.2 Å². The number of carbonyl (C=O) groups is 1. The number of rotatable bonds is 5. The van der Waals surface area contributed by atoms with Crippen LogP contribution in [0.25, 0.3) is 11.3 Å². The summed E-state index contributed by atoms with van der Waals surface area (Å²) in [6.45, 7) is 0.177. The van der Waals surface area contributed by atoms with Gasteiger partial charge in [0.1, 0.15) is 6.54 Å². The molecule has 1 amide bonds. The summed E-state index contributed by atoms with van der Waals surface area (Å²) in [5.41, 5.74) is 0.731. The SMILES string of the molecule is N#CC1(CNC(=O)Cn2nc(-c3ccccc3)ccc2=O)CCCC1. The Labute approximate surface area is 146 Å². The second kappa shape index (κ2) is 7.31. The Bertz CT molecular complexity index is 846. The average Bonchev–Trinajstić information content (AvgIpc) is 3.12. The Hall–Kier alpha value is -2.94. The third-order valence-corrected chi connectivity index (χ3v) is 4.65. The molecule has 0 saturated heterocycles. The molecular weight excluding hydrogens is 316 g/mol. The lowest BCUT2D eigenvalue weighted by Crippen LogP contribution is -2.39. The van der Waals surface area contributed by atoms with E-state index in [2.05, 4.69) is 16.5 Å². The van der Waals surface area contributed by atoms with Crippen LogP contribution in [0.3, 0.4) is 0 Å². The van der Waals surface area contributed by atoms with Crippen molar-refractivity contribution in [2.45, 2.75) is 32.2 Å². The highest BCUT2D eigenvalue weighted by atomic mass is 16.2. The van der Waals surface area contributed by atoms with Crippen molar-refractivity contribution in [1.29, 1.82) is 5.26 Å². The molecule has 1 heterocycles. The Kier molecular flexibility index (Phi) is 4.94. The predicted molar refractivity (Wildman–Crippen MR) is 93.5 cm³/mol. The van der Waals surface area contributed by atoms with E-state index < -0.39 is 5.41 Å². The fourth-order valence-corrected chi connectivity index (χ4v) is 3.16. The van der Waals surface area contributed by atoms with Gasteiger partial charge in [-0.05, 0) is 18.9 Å². The van der Waals surface area contributed by atoms with Crippen molar-refractivity contribution >= 4 is 5.91 Å². The van der Waals surface area contributed by atoms with E-state index in [0.717, 1.165) is 35.9 Å². The third-order valence-electron chi connectivity index (χ3n) is 4.65. The van der Waals surface area contributed by atoms with Crippen LogP contribution < -0.4 is 10.9 Å². The molecule has 2 aromatic rings. The van der Waals surface area contributed by atoms with Crippen LogP contribution in [-0.4, -0.2) is 22.2 Å². The van der Waals surface area contributed by atoms with Crippen molar-refractivity contribution in [1.82, 2.24) is 15.1 Å². The normalized spacial score (nSPS) is 15.5. The topological polar surface area (TPSA) is 87.8 Å². The molecule has 6 nitrogen and oxygen atoms in total. The molecule has 3 rings (SSSR count). The van der Waals surface area contributed by atoms with Crippen LogP contribution in [0.4, 0.5) is 0 Å². The Morgan fingerprint density at radius 3 is 2.60 bits per heavy atom. The molecule has 0 atom stereocenters. The molecule has 0 spiro atoms. The first kappa shape index (κ1) is 16.9. The minimum atomic E-state index is -0.458. The van der Waals surface area contributed by atoms with E-state index in [4.69, 9.17) is 0 Å². The quantitative estimate of drug-likeness (QED) is 0.906. The van der Waals surface area contributed by atoms with Crippen molar-refractivity contribution in [3.8, 4) is 17.3 Å². The van der Waals surface area contributed by atoms with Gasteiger partial charge >= 0.3 is 0 Å². The zero-order chi connectivity index (χ0) is 17.7. The summed E-state index contributed by atoms with van der Waals surface area (Å²) in [6, 6.07) is 14.9. The van der Waals surface area contributed by atoms with E-state index in [9.17, 15) is 14.9 Å². The number of nitrogens with zero attached hydrogens (tertiary/aromatic N) is 3. The zero-order valence-electron chi connectivity index (χ0n) is 13.9. The second-order valence-electron chi connectivity index (χ2n) is 6.46. The maximum Gasteiger partial charge on any atom is 0.267 e. The van der Waals surface area contributed by atoms with E-state index in [1.165, 1.54) is 6.07 Å². The summed E-state index contributed by atoms with van der Waals surface area (Å²) in [4.78, 5) is 24.2. The largest absolute Gasteiger partial charge is 0.353 e. The van der Waals surface area contributed by atoms with Crippen molar-refractivity contribution in [3.05, 3.63) is 52.8 Å². The smallest absolute Gasteiger partial charge is 0.267 e. The molecule has 0 bridgehead atoms. The number of amides is 1. The minimum absolute atomic E-state index is 0.152. The lowest BCUT2D eigenvalue weighted by atomic mass is 9.88. The van der Waals surface area contributed by atoms with Gasteiger partial charge in [0.2, 0.25) is 5.91 Å². The van der Waals surface area contributed by atoms with Gasteiger partial charge in [-0.1, -0.05) is 43.2 Å². The van der Waals surface area contributed by atoms with Crippen molar-refractivity contribution in [2.75, 3.05) is 6.54 Å². The molecule has 1 aliphatic rings. The lowest BCUT2D eigenvalue weighted by Gasteiger charge is -2.20. The van der Waals surface area contributed by atoms with E-state index in [1.807, 2.05) is 30.3 Å². The first-order chi connectivity index (χ1) is 12.1. The third kappa shape index (κ3) is 3.94. The Morgan fingerprint density at radius 2 is 1.92 bits per heavy atom. The van der Waals surface area contributed by atoms with E-state index in [0.29, 0.717) is 12.2 Å². The lowest BCUT2D eigenvalue weighted by molar-refractivity contribution is -0.122. The number of hydrogen-bond acceptors (Lipinski definition) is 4. The highest BCUT2D eigenvalue weighted by Gasteiger charge is 2.34. The molecule has 1 saturated carbocycles. The first-order valence-corrected chi connectivity index (χ1v) is 8.43. The van der Waals surface area contributed by atoms with Crippen LogP contribution in [0.1, 0.15) is 25.7 Å². The van der Waals surface area contributed by atoms with E-state index in [1.54, 1.807) is 6.07 Å². The van der Waals surface area contributed by atoms with Gasteiger partial charge in [-0.3, -0.25) is 9.59 Å². The van der Waals surface area contributed by atoms with Crippen LogP contribution in [0.5, 0.6) is 0 Å². The van der Waals surface area contributed by atoms with Gasteiger partial charge in [-0.15, -0.1) is 0 Å². The molecule has 1 N–H and O–H groups in total. The van der Waals surface area contributed by atoms with Gasteiger partial charge in [0.15, 0.2) is 0 Å². The zero-order valence-corrected chi connectivity index (χ0v) is 13.9. The molecule has 1 aliphatic carbocycles. The molecule has 25 heavy (non-hydrogen) atoms. The van der Waals surface area contributed by atoms with Gasteiger partial charge < -0.3 is 5.32 Å². The van der Waals surface area contributed by atoms with E-state index >= 15 is 0 Å². The molecule has 1 aromatic heterocycles. The first-order valence-electron chi connectivity index (χ1n) is 8.43. The summed E-state index contributed by atoms with van der Waals surface area (Å²) in [5, 5.41) is 16.4. The van der Waals surface area contributed by atoms with Gasteiger partial charge in [-0.2, -0.15) is 10.4 Å². The fourth-order valence-electron chi connectivity index (χ4n) is 3.16. The summed E-state index contributed by atoms with van der Waals surface area (Å²) in [5.74, 6) is -0.304. The van der Waals surface area contributed by atoms with E-state index in [-0.39, 0.29) is 18.0 Å². The molecule has 0 unspecified atom stereocenters. The van der Waals surface area contributed by atoms with Crippen LogP contribution in [0.2, 0.25) is 0 Å². The molecule has 0 aliphatic heterocycles.